The van der Waals surface area contributed by atoms with E-state index in [0.29, 0.717) is 40.7 Å². The minimum Gasteiger partial charge on any atom is -0.465 e. The van der Waals surface area contributed by atoms with E-state index in [-0.39, 0.29) is 18.0 Å². The lowest BCUT2D eigenvalue weighted by atomic mass is 9.88. The van der Waals surface area contributed by atoms with Crippen LogP contribution in [0.5, 0.6) is 11.5 Å². The van der Waals surface area contributed by atoms with Crippen LogP contribution in [0.3, 0.4) is 0 Å². The number of nitrogens with zero attached hydrogens (tertiary/aromatic N) is 3. The number of hydrogen-bond donors (Lipinski definition) is 0. The SMILES string of the molecule is COC(=O)c1ccc2nc(CN3CCC(c4cccc5c4O[C@](C)(c4ccc(Cl)cc4F)O5)CC3)n(C[C@@H]3CCO3)c2c1. The molecule has 3 aromatic carbocycles. The summed E-state index contributed by atoms with van der Waals surface area (Å²) in [6, 6.07) is 16.0. The molecule has 2 atom stereocenters. The van der Waals surface area contributed by atoms with E-state index >= 15 is 0 Å². The van der Waals surface area contributed by atoms with Crippen molar-refractivity contribution in [2.45, 2.75) is 57.1 Å². The number of likely N-dealkylation sites (tertiary alicyclic amines) is 1. The van der Waals surface area contributed by atoms with Gasteiger partial charge in [0.1, 0.15) is 11.6 Å². The Hall–Kier alpha value is -3.66. The summed E-state index contributed by atoms with van der Waals surface area (Å²) in [4.78, 5) is 19.6. The predicted molar refractivity (Wildman–Crippen MR) is 159 cm³/mol. The molecule has 0 spiro atoms. The number of aromatic nitrogens is 2. The molecule has 1 aromatic heterocycles. The van der Waals surface area contributed by atoms with Crippen LogP contribution in [-0.4, -0.2) is 53.3 Å². The number of ether oxygens (including phenoxy) is 4. The second-order valence-corrected chi connectivity index (χ2v) is 12.1. The molecular formula is C33H33ClFN3O5. The van der Waals surface area contributed by atoms with Crippen LogP contribution in [0.2, 0.25) is 5.02 Å². The molecule has 10 heteroatoms. The number of benzene rings is 3. The molecule has 224 valence electrons. The average molecular weight is 606 g/mol. The highest BCUT2D eigenvalue weighted by Gasteiger charge is 2.43. The third-order valence-corrected chi connectivity index (χ3v) is 9.09. The molecule has 7 rings (SSSR count). The molecule has 43 heavy (non-hydrogen) atoms. The Kier molecular flexibility index (Phi) is 7.27. The molecule has 8 nitrogen and oxygen atoms in total. The molecule has 0 radical (unpaired) electrons. The largest absolute Gasteiger partial charge is 0.465 e. The minimum atomic E-state index is -1.27. The highest BCUT2D eigenvalue weighted by atomic mass is 35.5. The van der Waals surface area contributed by atoms with Gasteiger partial charge in [0.05, 0.1) is 48.5 Å². The van der Waals surface area contributed by atoms with Gasteiger partial charge in [-0.1, -0.05) is 23.7 Å². The first-order valence-corrected chi connectivity index (χ1v) is 15.1. The predicted octanol–water partition coefficient (Wildman–Crippen LogP) is 6.43. The fourth-order valence-electron chi connectivity index (χ4n) is 6.41. The summed E-state index contributed by atoms with van der Waals surface area (Å²) in [5.74, 6) is 0.440. The number of carbonyl (C=O) groups excluding carboxylic acids is 1. The number of halogens is 2. The highest BCUT2D eigenvalue weighted by Crippen LogP contribution is 2.50. The Morgan fingerprint density at radius 1 is 1.12 bits per heavy atom. The quantitative estimate of drug-likeness (QED) is 0.225. The van der Waals surface area contributed by atoms with Gasteiger partial charge in [-0.05, 0) is 80.7 Å². The Morgan fingerprint density at radius 2 is 1.93 bits per heavy atom. The standard InChI is InChI=1S/C33H33ClFN3O5/c1-33(25-8-7-22(34)17-26(25)35)42-29-5-3-4-24(31(29)43-33)20-10-13-37(14-11-20)19-30-36-27-9-6-21(32(39)40-2)16-28(27)38(30)18-23-12-15-41-23/h3-9,16-17,20,23H,10-15,18-19H2,1-2H3/t23-,33+/m0/s1. The third-order valence-electron chi connectivity index (χ3n) is 8.85. The number of para-hydroxylation sites is 1. The number of piperidine rings is 1. The van der Waals surface area contributed by atoms with Crippen LogP contribution in [0.25, 0.3) is 11.0 Å². The summed E-state index contributed by atoms with van der Waals surface area (Å²) < 4.78 is 40.3. The van der Waals surface area contributed by atoms with Gasteiger partial charge >= 0.3 is 5.97 Å². The van der Waals surface area contributed by atoms with Gasteiger partial charge in [0.15, 0.2) is 11.5 Å². The van der Waals surface area contributed by atoms with Gasteiger partial charge in [-0.2, -0.15) is 0 Å². The summed E-state index contributed by atoms with van der Waals surface area (Å²) in [5.41, 5.74) is 3.67. The van der Waals surface area contributed by atoms with Crippen LogP contribution in [0, 0.1) is 5.82 Å². The van der Waals surface area contributed by atoms with Crippen molar-refractivity contribution >= 4 is 28.6 Å². The molecule has 0 N–H and O–H groups in total. The van der Waals surface area contributed by atoms with Crippen molar-refractivity contribution < 1.29 is 28.1 Å². The molecule has 3 aliphatic rings. The van der Waals surface area contributed by atoms with Crippen molar-refractivity contribution in [2.24, 2.45) is 0 Å². The lowest BCUT2D eigenvalue weighted by Crippen LogP contribution is -2.35. The molecule has 0 unspecified atom stereocenters. The van der Waals surface area contributed by atoms with E-state index in [2.05, 4.69) is 15.5 Å². The number of esters is 1. The zero-order chi connectivity index (χ0) is 29.7. The van der Waals surface area contributed by atoms with Crippen molar-refractivity contribution in [2.75, 3.05) is 26.8 Å². The van der Waals surface area contributed by atoms with Gasteiger partial charge in [0, 0.05) is 24.1 Å². The Bertz CT molecular complexity index is 1700. The maximum Gasteiger partial charge on any atom is 0.337 e. The summed E-state index contributed by atoms with van der Waals surface area (Å²) in [5, 5.41) is 0.325. The molecule has 4 aromatic rings. The van der Waals surface area contributed by atoms with Gasteiger partial charge in [-0.15, -0.1) is 0 Å². The van der Waals surface area contributed by atoms with Crippen LogP contribution in [0.15, 0.2) is 54.6 Å². The molecule has 0 aliphatic carbocycles. The third kappa shape index (κ3) is 5.24. The molecule has 3 aliphatic heterocycles. The first-order valence-electron chi connectivity index (χ1n) is 14.7. The molecule has 2 saturated heterocycles. The monoisotopic (exact) mass is 605 g/mol. The van der Waals surface area contributed by atoms with E-state index in [0.717, 1.165) is 61.4 Å². The van der Waals surface area contributed by atoms with E-state index in [4.69, 9.17) is 35.5 Å². The van der Waals surface area contributed by atoms with Crippen molar-refractivity contribution in [1.29, 1.82) is 0 Å². The summed E-state index contributed by atoms with van der Waals surface area (Å²) >= 11 is 5.98. The van der Waals surface area contributed by atoms with Crippen molar-refractivity contribution in [3.8, 4) is 11.5 Å². The first-order chi connectivity index (χ1) is 20.8. The second-order valence-electron chi connectivity index (χ2n) is 11.6. The van der Waals surface area contributed by atoms with E-state index in [9.17, 15) is 9.18 Å². The van der Waals surface area contributed by atoms with Crippen LogP contribution >= 0.6 is 11.6 Å². The number of fused-ring (bicyclic) bond motifs is 2. The number of methoxy groups -OCH3 is 1. The molecular weight excluding hydrogens is 573 g/mol. The van der Waals surface area contributed by atoms with Gasteiger partial charge < -0.3 is 23.5 Å². The zero-order valence-electron chi connectivity index (χ0n) is 24.1. The number of carbonyl (C=O) groups is 1. The fourth-order valence-corrected chi connectivity index (χ4v) is 6.57. The van der Waals surface area contributed by atoms with E-state index in [1.807, 2.05) is 24.3 Å². The van der Waals surface area contributed by atoms with E-state index in [1.54, 1.807) is 25.1 Å². The van der Waals surface area contributed by atoms with Crippen molar-refractivity contribution in [1.82, 2.24) is 14.5 Å². The Balaban J connectivity index is 1.08. The molecule has 0 amide bonds. The maximum atomic E-state index is 14.8. The van der Waals surface area contributed by atoms with Crippen LogP contribution in [-0.2, 0) is 28.4 Å². The number of rotatable bonds is 7. The number of hydrogen-bond acceptors (Lipinski definition) is 7. The van der Waals surface area contributed by atoms with Gasteiger partial charge in [0.2, 0.25) is 0 Å². The van der Waals surface area contributed by atoms with Crippen LogP contribution < -0.4 is 9.47 Å². The topological polar surface area (TPSA) is 75.0 Å². The maximum absolute atomic E-state index is 14.8. The Morgan fingerprint density at radius 3 is 2.65 bits per heavy atom. The van der Waals surface area contributed by atoms with Gasteiger partial charge in [-0.3, -0.25) is 4.90 Å². The lowest BCUT2D eigenvalue weighted by Gasteiger charge is -2.33. The zero-order valence-corrected chi connectivity index (χ0v) is 24.9. The Labute approximate surface area is 254 Å². The summed E-state index contributed by atoms with van der Waals surface area (Å²) in [7, 11) is 1.39. The smallest absolute Gasteiger partial charge is 0.337 e. The molecule has 0 saturated carbocycles. The normalized spacial score (nSPS) is 22.1. The number of imidazole rings is 1. The molecule has 2 fully saturated rings. The van der Waals surface area contributed by atoms with Crippen LogP contribution in [0.1, 0.15) is 59.4 Å². The molecule has 0 bridgehead atoms. The molecule has 4 heterocycles. The summed E-state index contributed by atoms with van der Waals surface area (Å²) in [6.07, 6.45) is 3.03. The second kappa shape index (κ2) is 11.1. The van der Waals surface area contributed by atoms with Gasteiger partial charge in [-0.25, -0.2) is 14.2 Å². The van der Waals surface area contributed by atoms with E-state index < -0.39 is 11.6 Å². The van der Waals surface area contributed by atoms with Crippen molar-refractivity contribution in [3.05, 3.63) is 88.0 Å². The highest BCUT2D eigenvalue weighted by molar-refractivity contribution is 6.30. The summed E-state index contributed by atoms with van der Waals surface area (Å²) in [6.45, 7) is 5.68. The van der Waals surface area contributed by atoms with Gasteiger partial charge in [0.25, 0.3) is 5.79 Å². The fraction of sp³-hybridized carbons (Fsp3) is 0.394. The average Bonchev–Trinajstić information content (AvgIpc) is 3.51. The first kappa shape index (κ1) is 28.1. The lowest BCUT2D eigenvalue weighted by molar-refractivity contribution is -0.0712. The van der Waals surface area contributed by atoms with Crippen molar-refractivity contribution in [3.63, 3.8) is 0 Å². The van der Waals surface area contributed by atoms with E-state index in [1.165, 1.54) is 13.2 Å². The minimum absolute atomic E-state index is 0.151. The van der Waals surface area contributed by atoms with Crippen LogP contribution in [0.4, 0.5) is 4.39 Å².